The Kier molecular flexibility index (Phi) is 5.51. The highest BCUT2D eigenvalue weighted by molar-refractivity contribution is 7.20. The number of hydrogen-bond acceptors (Lipinski definition) is 5. The summed E-state index contributed by atoms with van der Waals surface area (Å²) in [6.45, 7) is 6.40. The second-order valence-corrected chi connectivity index (χ2v) is 7.52. The van der Waals surface area contributed by atoms with E-state index in [0.29, 0.717) is 17.2 Å². The number of thiophene rings is 1. The number of amides is 2. The number of fused-ring (bicyclic) bond motifs is 1. The maximum atomic E-state index is 13.3. The third kappa shape index (κ3) is 4.14. The summed E-state index contributed by atoms with van der Waals surface area (Å²) in [7, 11) is 0. The Morgan fingerprint density at radius 3 is 2.48 bits per heavy atom. The fourth-order valence-electron chi connectivity index (χ4n) is 3.12. The van der Waals surface area contributed by atoms with Gasteiger partial charge in [0.25, 0.3) is 5.91 Å². The summed E-state index contributed by atoms with van der Waals surface area (Å²) in [5, 5.41) is 0.934. The highest BCUT2D eigenvalue weighted by Gasteiger charge is 2.23. The fourth-order valence-corrected chi connectivity index (χ4v) is 4.37. The molecule has 3 aromatic rings. The van der Waals surface area contributed by atoms with Crippen LogP contribution >= 0.6 is 11.3 Å². The monoisotopic (exact) mass is 382 g/mol. The van der Waals surface area contributed by atoms with Crippen molar-refractivity contribution in [3.05, 3.63) is 57.9 Å². The maximum absolute atomic E-state index is 13.3. The molecule has 0 aliphatic heterocycles. The highest BCUT2D eigenvalue weighted by Crippen LogP contribution is 2.32. The number of rotatable bonds is 6. The lowest BCUT2D eigenvalue weighted by Gasteiger charge is -2.22. The minimum Gasteiger partial charge on any atom is -0.370 e. The van der Waals surface area contributed by atoms with Gasteiger partial charge in [-0.05, 0) is 31.9 Å². The van der Waals surface area contributed by atoms with Crippen molar-refractivity contribution in [2.75, 3.05) is 6.54 Å². The summed E-state index contributed by atoms with van der Waals surface area (Å²) in [5.41, 5.74) is 8.07. The molecule has 0 radical (unpaired) electrons. The van der Waals surface area contributed by atoms with E-state index >= 15 is 0 Å². The van der Waals surface area contributed by atoms with Crippen molar-refractivity contribution in [2.45, 2.75) is 33.7 Å². The SMILES string of the molecule is Cc1nc(C)c2c(C)c(C(=O)N(CCC(N)=O)Cc3ccccc3)sc2n1. The zero-order valence-corrected chi connectivity index (χ0v) is 16.5. The first kappa shape index (κ1) is 19.0. The number of carbonyl (C=O) groups is 2. The minimum absolute atomic E-state index is 0.113. The normalized spacial score (nSPS) is 10.9. The van der Waals surface area contributed by atoms with Gasteiger partial charge in [0.2, 0.25) is 5.91 Å². The number of carbonyl (C=O) groups excluding carboxylic acids is 2. The molecule has 140 valence electrons. The van der Waals surface area contributed by atoms with Crippen LogP contribution in [0.25, 0.3) is 10.2 Å². The van der Waals surface area contributed by atoms with Crippen molar-refractivity contribution < 1.29 is 9.59 Å². The van der Waals surface area contributed by atoms with E-state index in [0.717, 1.165) is 27.0 Å². The topological polar surface area (TPSA) is 89.2 Å². The molecular formula is C20H22N4O2S. The van der Waals surface area contributed by atoms with Gasteiger partial charge in [-0.15, -0.1) is 11.3 Å². The number of aromatic nitrogens is 2. The number of nitrogens with zero attached hydrogens (tertiary/aromatic N) is 3. The van der Waals surface area contributed by atoms with Crippen LogP contribution in [0.4, 0.5) is 0 Å². The number of primary amides is 1. The predicted molar refractivity (Wildman–Crippen MR) is 107 cm³/mol. The first-order valence-electron chi connectivity index (χ1n) is 8.72. The molecule has 27 heavy (non-hydrogen) atoms. The number of benzene rings is 1. The zero-order chi connectivity index (χ0) is 19.6. The summed E-state index contributed by atoms with van der Waals surface area (Å²) in [5.74, 6) is 0.152. The van der Waals surface area contributed by atoms with Gasteiger partial charge < -0.3 is 10.6 Å². The molecule has 2 aromatic heterocycles. The van der Waals surface area contributed by atoms with Gasteiger partial charge in [-0.1, -0.05) is 30.3 Å². The second kappa shape index (κ2) is 7.84. The van der Waals surface area contributed by atoms with Crippen LogP contribution in [0.5, 0.6) is 0 Å². The maximum Gasteiger partial charge on any atom is 0.264 e. The number of hydrogen-bond donors (Lipinski definition) is 1. The Morgan fingerprint density at radius 2 is 1.81 bits per heavy atom. The summed E-state index contributed by atoms with van der Waals surface area (Å²) in [6.07, 6.45) is 0.125. The first-order chi connectivity index (χ1) is 12.9. The van der Waals surface area contributed by atoms with Gasteiger partial charge >= 0.3 is 0 Å². The van der Waals surface area contributed by atoms with Gasteiger partial charge in [-0.25, -0.2) is 9.97 Å². The average Bonchev–Trinajstić information content (AvgIpc) is 2.95. The van der Waals surface area contributed by atoms with E-state index in [9.17, 15) is 9.59 Å². The molecule has 0 aliphatic carbocycles. The molecule has 1 aromatic carbocycles. The Balaban J connectivity index is 1.97. The fraction of sp³-hybridized carbons (Fsp3) is 0.300. The van der Waals surface area contributed by atoms with Crippen LogP contribution in [0.1, 0.15) is 38.7 Å². The largest absolute Gasteiger partial charge is 0.370 e. The number of aryl methyl sites for hydroxylation is 3. The van der Waals surface area contributed by atoms with Crippen LogP contribution in [-0.4, -0.2) is 33.2 Å². The summed E-state index contributed by atoms with van der Waals surface area (Å²) in [6, 6.07) is 9.71. The standard InChI is InChI=1S/C20H22N4O2S/c1-12-17-13(2)22-14(3)23-19(17)27-18(12)20(26)24(10-9-16(21)25)11-15-7-5-4-6-8-15/h4-8H,9-11H2,1-3H3,(H2,21,25). The number of nitrogens with two attached hydrogens (primary N) is 1. The Bertz CT molecular complexity index is 998. The van der Waals surface area contributed by atoms with Crippen molar-refractivity contribution >= 4 is 33.4 Å². The summed E-state index contributed by atoms with van der Waals surface area (Å²) in [4.78, 5) is 36.6. The average molecular weight is 382 g/mol. The molecule has 7 heteroatoms. The van der Waals surface area contributed by atoms with Crippen molar-refractivity contribution in [1.29, 1.82) is 0 Å². The van der Waals surface area contributed by atoms with E-state index in [1.807, 2.05) is 51.1 Å². The van der Waals surface area contributed by atoms with E-state index in [1.54, 1.807) is 4.90 Å². The lowest BCUT2D eigenvalue weighted by molar-refractivity contribution is -0.118. The molecule has 6 nitrogen and oxygen atoms in total. The molecule has 0 fully saturated rings. The molecule has 0 unspecified atom stereocenters. The van der Waals surface area contributed by atoms with Crippen molar-refractivity contribution in [1.82, 2.24) is 14.9 Å². The molecule has 0 saturated carbocycles. The Morgan fingerprint density at radius 1 is 1.11 bits per heavy atom. The van der Waals surface area contributed by atoms with Gasteiger partial charge in [0, 0.05) is 30.6 Å². The molecule has 0 aliphatic rings. The van der Waals surface area contributed by atoms with E-state index in [1.165, 1.54) is 11.3 Å². The van der Waals surface area contributed by atoms with Crippen LogP contribution in [0, 0.1) is 20.8 Å². The molecule has 0 saturated heterocycles. The molecule has 0 spiro atoms. The van der Waals surface area contributed by atoms with E-state index in [2.05, 4.69) is 9.97 Å². The molecule has 2 heterocycles. The third-order valence-corrected chi connectivity index (χ3v) is 5.58. The Labute approximate surface area is 162 Å². The third-order valence-electron chi connectivity index (χ3n) is 4.41. The van der Waals surface area contributed by atoms with E-state index in [4.69, 9.17) is 5.73 Å². The smallest absolute Gasteiger partial charge is 0.264 e. The molecule has 0 atom stereocenters. The molecule has 2 amide bonds. The minimum atomic E-state index is -0.425. The lowest BCUT2D eigenvalue weighted by Crippen LogP contribution is -2.33. The summed E-state index contributed by atoms with van der Waals surface area (Å²) < 4.78 is 0. The Hall–Kier alpha value is -2.80. The van der Waals surface area contributed by atoms with Crippen molar-refractivity contribution in [3.8, 4) is 0 Å². The predicted octanol–water partition coefficient (Wildman–Crippen LogP) is 3.13. The quantitative estimate of drug-likeness (QED) is 0.709. The van der Waals surface area contributed by atoms with E-state index in [-0.39, 0.29) is 18.9 Å². The highest BCUT2D eigenvalue weighted by atomic mass is 32.1. The van der Waals surface area contributed by atoms with Crippen LogP contribution in [0.3, 0.4) is 0 Å². The molecule has 3 rings (SSSR count). The van der Waals surface area contributed by atoms with Gasteiger partial charge in [0.05, 0.1) is 4.88 Å². The second-order valence-electron chi connectivity index (χ2n) is 6.52. The van der Waals surface area contributed by atoms with Crippen LogP contribution in [0.15, 0.2) is 30.3 Å². The van der Waals surface area contributed by atoms with Gasteiger partial charge in [-0.2, -0.15) is 0 Å². The summed E-state index contributed by atoms with van der Waals surface area (Å²) >= 11 is 1.37. The zero-order valence-electron chi connectivity index (χ0n) is 15.7. The lowest BCUT2D eigenvalue weighted by atomic mass is 10.1. The van der Waals surface area contributed by atoms with Gasteiger partial charge in [-0.3, -0.25) is 9.59 Å². The van der Waals surface area contributed by atoms with Crippen LogP contribution < -0.4 is 5.73 Å². The first-order valence-corrected chi connectivity index (χ1v) is 9.54. The molecular weight excluding hydrogens is 360 g/mol. The molecule has 2 N–H and O–H groups in total. The van der Waals surface area contributed by atoms with Crippen molar-refractivity contribution in [3.63, 3.8) is 0 Å². The van der Waals surface area contributed by atoms with Crippen LogP contribution in [0.2, 0.25) is 0 Å². The molecule has 0 bridgehead atoms. The van der Waals surface area contributed by atoms with Gasteiger partial charge in [0.15, 0.2) is 0 Å². The van der Waals surface area contributed by atoms with E-state index < -0.39 is 5.91 Å². The van der Waals surface area contributed by atoms with Crippen LogP contribution in [-0.2, 0) is 11.3 Å². The van der Waals surface area contributed by atoms with Gasteiger partial charge in [0.1, 0.15) is 10.7 Å². The van der Waals surface area contributed by atoms with Crippen molar-refractivity contribution in [2.24, 2.45) is 5.73 Å².